The summed E-state index contributed by atoms with van der Waals surface area (Å²) in [6.07, 6.45) is 1.57. The number of aromatic nitrogens is 1. The van der Waals surface area contributed by atoms with Gasteiger partial charge in [-0.3, -0.25) is 4.79 Å². The molecule has 0 fully saturated rings. The van der Waals surface area contributed by atoms with E-state index in [-0.39, 0.29) is 5.91 Å². The summed E-state index contributed by atoms with van der Waals surface area (Å²) in [4.78, 5) is 16.2. The van der Waals surface area contributed by atoms with E-state index in [0.29, 0.717) is 17.1 Å². The number of carbonyl (C=O) groups excluding carboxylic acids is 1. The first kappa shape index (κ1) is 13.8. The lowest BCUT2D eigenvalue weighted by atomic mass is 10.1. The molecule has 0 unspecified atom stereocenters. The third-order valence-electron chi connectivity index (χ3n) is 2.64. The van der Waals surface area contributed by atoms with E-state index in [0.717, 1.165) is 9.13 Å². The molecule has 5 heteroatoms. The van der Waals surface area contributed by atoms with Crippen molar-refractivity contribution in [3.8, 4) is 5.88 Å². The summed E-state index contributed by atoms with van der Waals surface area (Å²) in [5.41, 5.74) is 2.39. The van der Waals surface area contributed by atoms with Gasteiger partial charge >= 0.3 is 0 Å². The fourth-order valence-corrected chi connectivity index (χ4v) is 2.20. The Labute approximate surface area is 125 Å². The summed E-state index contributed by atoms with van der Waals surface area (Å²) in [5.74, 6) is 0.378. The molecule has 0 saturated heterocycles. The number of hydrogen-bond donors (Lipinski definition) is 1. The van der Waals surface area contributed by atoms with E-state index in [4.69, 9.17) is 4.74 Å². The van der Waals surface area contributed by atoms with Gasteiger partial charge in [0.1, 0.15) is 0 Å². The molecule has 0 spiro atoms. The van der Waals surface area contributed by atoms with Crippen molar-refractivity contribution in [2.75, 3.05) is 12.4 Å². The minimum absolute atomic E-state index is 0.139. The van der Waals surface area contributed by atoms with E-state index in [1.54, 1.807) is 31.5 Å². The molecule has 1 aromatic carbocycles. The average Bonchev–Trinajstić information content (AvgIpc) is 2.42. The number of aryl methyl sites for hydroxylation is 1. The van der Waals surface area contributed by atoms with Crippen molar-refractivity contribution < 1.29 is 9.53 Å². The molecule has 1 heterocycles. The Balaban J connectivity index is 2.18. The highest BCUT2D eigenvalue weighted by Crippen LogP contribution is 2.18. The highest BCUT2D eigenvalue weighted by molar-refractivity contribution is 14.1. The van der Waals surface area contributed by atoms with E-state index in [1.165, 1.54) is 0 Å². The minimum atomic E-state index is -0.139. The van der Waals surface area contributed by atoms with Gasteiger partial charge in [-0.25, -0.2) is 4.98 Å². The summed E-state index contributed by atoms with van der Waals surface area (Å²) >= 11 is 2.18. The summed E-state index contributed by atoms with van der Waals surface area (Å²) in [6, 6.07) is 9.12. The summed E-state index contributed by atoms with van der Waals surface area (Å²) in [5, 5.41) is 2.82. The fourth-order valence-electron chi connectivity index (χ4n) is 1.60. The van der Waals surface area contributed by atoms with Gasteiger partial charge in [0.2, 0.25) is 5.88 Å². The van der Waals surface area contributed by atoms with Crippen LogP contribution in [0.1, 0.15) is 15.9 Å². The lowest BCUT2D eigenvalue weighted by Gasteiger charge is -2.08. The number of ether oxygens (including phenoxy) is 1. The van der Waals surface area contributed by atoms with Gasteiger partial charge in [0.25, 0.3) is 5.91 Å². The van der Waals surface area contributed by atoms with Crippen LogP contribution in [-0.4, -0.2) is 18.0 Å². The van der Waals surface area contributed by atoms with Crippen LogP contribution in [-0.2, 0) is 0 Å². The van der Waals surface area contributed by atoms with Gasteiger partial charge in [0, 0.05) is 9.64 Å². The number of anilines is 1. The quantitative estimate of drug-likeness (QED) is 0.847. The molecule has 1 aromatic heterocycles. The number of benzene rings is 1. The Morgan fingerprint density at radius 1 is 1.32 bits per heavy atom. The number of rotatable bonds is 3. The Bertz CT molecular complexity index is 597. The first-order chi connectivity index (χ1) is 9.11. The SMILES string of the molecule is COc1ccc(NC(=O)c2cccc(C)c2I)cn1. The number of methoxy groups -OCH3 is 1. The molecule has 0 radical (unpaired) electrons. The number of hydrogen-bond acceptors (Lipinski definition) is 3. The number of amides is 1. The van der Waals surface area contributed by atoms with Gasteiger partial charge in [0.15, 0.2) is 0 Å². The van der Waals surface area contributed by atoms with Crippen molar-refractivity contribution in [2.24, 2.45) is 0 Å². The predicted octanol–water partition coefficient (Wildman–Crippen LogP) is 3.26. The van der Waals surface area contributed by atoms with Crippen LogP contribution in [0.4, 0.5) is 5.69 Å². The molecule has 1 N–H and O–H groups in total. The lowest BCUT2D eigenvalue weighted by Crippen LogP contribution is -2.14. The molecule has 19 heavy (non-hydrogen) atoms. The van der Waals surface area contributed by atoms with Gasteiger partial charge in [-0.1, -0.05) is 12.1 Å². The summed E-state index contributed by atoms with van der Waals surface area (Å²) in [7, 11) is 1.55. The van der Waals surface area contributed by atoms with Gasteiger partial charge in [-0.05, 0) is 47.2 Å². The van der Waals surface area contributed by atoms with Gasteiger partial charge < -0.3 is 10.1 Å². The molecule has 0 atom stereocenters. The van der Waals surface area contributed by atoms with Crippen LogP contribution in [0.2, 0.25) is 0 Å². The van der Waals surface area contributed by atoms with Crippen LogP contribution in [0, 0.1) is 10.5 Å². The van der Waals surface area contributed by atoms with E-state index in [1.807, 2.05) is 19.1 Å². The minimum Gasteiger partial charge on any atom is -0.481 e. The highest BCUT2D eigenvalue weighted by atomic mass is 127. The van der Waals surface area contributed by atoms with Crippen LogP contribution >= 0.6 is 22.6 Å². The number of halogens is 1. The van der Waals surface area contributed by atoms with Gasteiger partial charge in [-0.15, -0.1) is 0 Å². The summed E-state index contributed by atoms with van der Waals surface area (Å²) < 4.78 is 5.93. The van der Waals surface area contributed by atoms with Gasteiger partial charge in [0.05, 0.1) is 24.6 Å². The maximum absolute atomic E-state index is 12.2. The van der Waals surface area contributed by atoms with E-state index < -0.39 is 0 Å². The molecular formula is C14H13IN2O2. The molecule has 0 aliphatic heterocycles. The van der Waals surface area contributed by atoms with Crippen molar-refractivity contribution in [1.82, 2.24) is 4.98 Å². The Morgan fingerprint density at radius 2 is 2.11 bits per heavy atom. The second kappa shape index (κ2) is 6.01. The third kappa shape index (κ3) is 3.23. The standard InChI is InChI=1S/C14H13IN2O2/c1-9-4-3-5-11(13(9)15)14(18)17-10-6-7-12(19-2)16-8-10/h3-8H,1-2H3,(H,17,18). The van der Waals surface area contributed by atoms with Crippen molar-refractivity contribution >= 4 is 34.2 Å². The van der Waals surface area contributed by atoms with Crippen molar-refractivity contribution in [3.63, 3.8) is 0 Å². The zero-order valence-electron chi connectivity index (χ0n) is 10.6. The average molecular weight is 368 g/mol. The molecule has 2 aromatic rings. The van der Waals surface area contributed by atoms with Gasteiger partial charge in [-0.2, -0.15) is 0 Å². The van der Waals surface area contributed by atoms with Crippen LogP contribution < -0.4 is 10.1 Å². The normalized spacial score (nSPS) is 10.1. The van der Waals surface area contributed by atoms with Crippen molar-refractivity contribution in [2.45, 2.75) is 6.92 Å². The second-order valence-corrected chi connectivity index (χ2v) is 5.06. The van der Waals surface area contributed by atoms with Crippen LogP contribution in [0.5, 0.6) is 5.88 Å². The fraction of sp³-hybridized carbons (Fsp3) is 0.143. The predicted molar refractivity (Wildman–Crippen MR) is 82.6 cm³/mol. The number of nitrogens with zero attached hydrogens (tertiary/aromatic N) is 1. The van der Waals surface area contributed by atoms with Crippen molar-refractivity contribution in [1.29, 1.82) is 0 Å². The molecule has 0 aliphatic carbocycles. The smallest absolute Gasteiger partial charge is 0.256 e. The van der Waals surface area contributed by atoms with E-state index in [2.05, 4.69) is 32.9 Å². The third-order valence-corrected chi connectivity index (χ3v) is 4.07. The van der Waals surface area contributed by atoms with E-state index in [9.17, 15) is 4.79 Å². The Kier molecular flexibility index (Phi) is 4.36. The second-order valence-electron chi connectivity index (χ2n) is 3.98. The molecule has 4 nitrogen and oxygen atoms in total. The lowest BCUT2D eigenvalue weighted by molar-refractivity contribution is 0.102. The topological polar surface area (TPSA) is 51.2 Å². The Morgan fingerprint density at radius 3 is 2.74 bits per heavy atom. The van der Waals surface area contributed by atoms with Crippen molar-refractivity contribution in [3.05, 3.63) is 51.2 Å². The van der Waals surface area contributed by atoms with Crippen LogP contribution in [0.15, 0.2) is 36.5 Å². The largest absolute Gasteiger partial charge is 0.481 e. The molecule has 0 aliphatic rings. The molecule has 1 amide bonds. The molecular weight excluding hydrogens is 355 g/mol. The number of carbonyl (C=O) groups is 1. The zero-order valence-corrected chi connectivity index (χ0v) is 12.8. The number of nitrogens with one attached hydrogen (secondary N) is 1. The first-order valence-electron chi connectivity index (χ1n) is 5.68. The molecule has 0 bridgehead atoms. The molecule has 98 valence electrons. The maximum atomic E-state index is 12.2. The molecule has 2 rings (SSSR count). The monoisotopic (exact) mass is 368 g/mol. The van der Waals surface area contributed by atoms with E-state index >= 15 is 0 Å². The van der Waals surface area contributed by atoms with Crippen LogP contribution in [0.3, 0.4) is 0 Å². The zero-order chi connectivity index (χ0) is 13.8. The maximum Gasteiger partial charge on any atom is 0.256 e. The molecule has 0 saturated carbocycles. The highest BCUT2D eigenvalue weighted by Gasteiger charge is 2.11. The summed E-state index contributed by atoms with van der Waals surface area (Å²) in [6.45, 7) is 1.98. The Hall–Kier alpha value is -1.63. The van der Waals surface area contributed by atoms with Crippen LogP contribution in [0.25, 0.3) is 0 Å². The number of pyridine rings is 1. The first-order valence-corrected chi connectivity index (χ1v) is 6.76.